The molecule has 7 heteroatoms. The fraction of sp³-hybridized carbons (Fsp3) is 0.633. The lowest BCUT2D eigenvalue weighted by Crippen LogP contribution is -2.59. The minimum absolute atomic E-state index is 0.0660. The standard InChI is InChI=1S/C30H45N3O4/c1-7-21-13-11-14-22(19-21)26(27(34)31-23-15-9-8-10-16-23)33(24-17-12-18-24)28(35)25(20(2)3)32-29(36)37-30(4,5)6/h7,11,13-14,19-20,23-26H,1,8-10,12,15-18H2,2-6H3,(H,31,34)(H,32,36). The maximum Gasteiger partial charge on any atom is 0.408 e. The summed E-state index contributed by atoms with van der Waals surface area (Å²) in [6.07, 6.45) is 9.08. The zero-order chi connectivity index (χ0) is 27.2. The molecular weight excluding hydrogens is 466 g/mol. The molecule has 2 aliphatic carbocycles. The van der Waals surface area contributed by atoms with Gasteiger partial charge in [-0.05, 0) is 76.0 Å². The van der Waals surface area contributed by atoms with E-state index < -0.39 is 23.8 Å². The van der Waals surface area contributed by atoms with Gasteiger partial charge in [0, 0.05) is 12.1 Å². The number of nitrogens with one attached hydrogen (secondary N) is 2. The molecule has 3 amide bonds. The summed E-state index contributed by atoms with van der Waals surface area (Å²) in [7, 11) is 0. The fourth-order valence-corrected chi connectivity index (χ4v) is 5.11. The van der Waals surface area contributed by atoms with Gasteiger partial charge in [0.05, 0.1) is 0 Å². The highest BCUT2D eigenvalue weighted by Crippen LogP contribution is 2.35. The zero-order valence-corrected chi connectivity index (χ0v) is 23.2. The van der Waals surface area contributed by atoms with Crippen LogP contribution in [0.15, 0.2) is 30.8 Å². The van der Waals surface area contributed by atoms with Crippen LogP contribution < -0.4 is 10.6 Å². The molecule has 0 heterocycles. The van der Waals surface area contributed by atoms with E-state index in [1.54, 1.807) is 31.7 Å². The molecule has 0 aromatic heterocycles. The molecule has 1 aromatic rings. The predicted octanol–water partition coefficient (Wildman–Crippen LogP) is 5.75. The molecular formula is C30H45N3O4. The van der Waals surface area contributed by atoms with Crippen LogP contribution in [-0.2, 0) is 14.3 Å². The van der Waals surface area contributed by atoms with Crippen molar-refractivity contribution in [1.82, 2.24) is 15.5 Å². The van der Waals surface area contributed by atoms with Crippen molar-refractivity contribution in [2.75, 3.05) is 0 Å². The summed E-state index contributed by atoms with van der Waals surface area (Å²) in [5.41, 5.74) is 0.961. The largest absolute Gasteiger partial charge is 0.444 e. The molecule has 7 nitrogen and oxygen atoms in total. The van der Waals surface area contributed by atoms with Crippen molar-refractivity contribution in [2.45, 2.75) is 116 Å². The van der Waals surface area contributed by atoms with Gasteiger partial charge >= 0.3 is 6.09 Å². The molecule has 2 aliphatic rings. The highest BCUT2D eigenvalue weighted by atomic mass is 16.6. The summed E-state index contributed by atoms with van der Waals surface area (Å²) in [5, 5.41) is 6.07. The van der Waals surface area contributed by atoms with Gasteiger partial charge in [-0.3, -0.25) is 9.59 Å². The van der Waals surface area contributed by atoms with E-state index >= 15 is 0 Å². The van der Waals surface area contributed by atoms with E-state index in [1.165, 1.54) is 6.42 Å². The highest BCUT2D eigenvalue weighted by molar-refractivity contribution is 5.92. The van der Waals surface area contributed by atoms with Gasteiger partial charge in [-0.15, -0.1) is 0 Å². The Morgan fingerprint density at radius 3 is 2.27 bits per heavy atom. The van der Waals surface area contributed by atoms with E-state index in [1.807, 2.05) is 38.1 Å². The number of hydrogen-bond donors (Lipinski definition) is 2. The molecule has 37 heavy (non-hydrogen) atoms. The number of rotatable bonds is 9. The average molecular weight is 512 g/mol. The lowest BCUT2D eigenvalue weighted by atomic mass is 9.86. The minimum atomic E-state index is -0.817. The van der Waals surface area contributed by atoms with Gasteiger partial charge in [0.2, 0.25) is 11.8 Å². The van der Waals surface area contributed by atoms with Gasteiger partial charge in [-0.1, -0.05) is 64.0 Å². The molecule has 2 atom stereocenters. The maximum atomic E-state index is 14.2. The first-order valence-electron chi connectivity index (χ1n) is 13.8. The van der Waals surface area contributed by atoms with Crippen LogP contribution in [0.5, 0.6) is 0 Å². The van der Waals surface area contributed by atoms with Crippen molar-refractivity contribution in [1.29, 1.82) is 0 Å². The third kappa shape index (κ3) is 7.83. The Morgan fingerprint density at radius 1 is 1.05 bits per heavy atom. The van der Waals surface area contributed by atoms with Crippen molar-refractivity contribution in [2.24, 2.45) is 5.92 Å². The van der Waals surface area contributed by atoms with E-state index in [0.29, 0.717) is 0 Å². The monoisotopic (exact) mass is 511 g/mol. The summed E-state index contributed by atoms with van der Waals surface area (Å²) in [5.74, 6) is -0.601. The van der Waals surface area contributed by atoms with Crippen molar-refractivity contribution in [3.63, 3.8) is 0 Å². The molecule has 0 aliphatic heterocycles. The van der Waals surface area contributed by atoms with Crippen molar-refractivity contribution < 1.29 is 19.1 Å². The summed E-state index contributed by atoms with van der Waals surface area (Å²) < 4.78 is 5.46. The Kier molecular flexibility index (Phi) is 9.80. The Morgan fingerprint density at radius 2 is 1.73 bits per heavy atom. The molecule has 2 N–H and O–H groups in total. The first kappa shape index (κ1) is 28.7. The number of ether oxygens (including phenoxy) is 1. The van der Waals surface area contributed by atoms with Crippen LogP contribution >= 0.6 is 0 Å². The summed E-state index contributed by atoms with van der Waals surface area (Å²) in [6.45, 7) is 13.0. The second-order valence-electron chi connectivity index (χ2n) is 11.8. The number of nitrogens with zero attached hydrogens (tertiary/aromatic N) is 1. The van der Waals surface area contributed by atoms with Gasteiger partial charge in [0.1, 0.15) is 17.7 Å². The number of carbonyl (C=O) groups excluding carboxylic acids is 3. The number of amides is 3. The molecule has 0 spiro atoms. The SMILES string of the molecule is C=Cc1cccc(C(C(=O)NC2CCCCC2)N(C(=O)C(NC(=O)OC(C)(C)C)C(C)C)C2CCC2)c1. The Hall–Kier alpha value is -2.83. The number of alkyl carbamates (subject to hydrolysis) is 1. The second kappa shape index (κ2) is 12.6. The average Bonchev–Trinajstić information content (AvgIpc) is 2.80. The predicted molar refractivity (Wildman–Crippen MR) is 147 cm³/mol. The van der Waals surface area contributed by atoms with Crippen LogP contribution in [0.2, 0.25) is 0 Å². The Bertz CT molecular complexity index is 958. The van der Waals surface area contributed by atoms with Gasteiger partial charge in [-0.25, -0.2) is 4.79 Å². The van der Waals surface area contributed by atoms with Gasteiger partial charge < -0.3 is 20.3 Å². The number of carbonyl (C=O) groups is 3. The van der Waals surface area contributed by atoms with E-state index in [4.69, 9.17) is 4.74 Å². The van der Waals surface area contributed by atoms with Gasteiger partial charge in [0.25, 0.3) is 0 Å². The van der Waals surface area contributed by atoms with Crippen molar-refractivity contribution in [3.05, 3.63) is 42.0 Å². The van der Waals surface area contributed by atoms with Gasteiger partial charge in [-0.2, -0.15) is 0 Å². The Labute approximate surface area is 222 Å². The van der Waals surface area contributed by atoms with E-state index in [-0.39, 0.29) is 29.8 Å². The van der Waals surface area contributed by atoms with Crippen LogP contribution in [0.4, 0.5) is 4.79 Å². The quantitative estimate of drug-likeness (QED) is 0.442. The molecule has 3 rings (SSSR count). The summed E-state index contributed by atoms with van der Waals surface area (Å²) >= 11 is 0. The van der Waals surface area contributed by atoms with Crippen LogP contribution in [0.1, 0.15) is 103 Å². The first-order chi connectivity index (χ1) is 17.5. The molecule has 0 saturated heterocycles. The van der Waals surface area contributed by atoms with Crippen LogP contribution in [0.3, 0.4) is 0 Å². The second-order valence-corrected chi connectivity index (χ2v) is 11.8. The topological polar surface area (TPSA) is 87.7 Å². The summed E-state index contributed by atoms with van der Waals surface area (Å²) in [6, 6.07) is 6.11. The fourth-order valence-electron chi connectivity index (χ4n) is 5.11. The number of benzene rings is 1. The third-order valence-electron chi connectivity index (χ3n) is 7.27. The zero-order valence-electron chi connectivity index (χ0n) is 23.2. The van der Waals surface area contributed by atoms with Crippen LogP contribution in [-0.4, -0.2) is 46.5 Å². The molecule has 2 unspecified atom stereocenters. The lowest BCUT2D eigenvalue weighted by Gasteiger charge is -2.44. The maximum absolute atomic E-state index is 14.2. The van der Waals surface area contributed by atoms with Crippen molar-refractivity contribution in [3.8, 4) is 0 Å². The molecule has 0 radical (unpaired) electrons. The van der Waals surface area contributed by atoms with E-state index in [0.717, 1.165) is 56.1 Å². The van der Waals surface area contributed by atoms with E-state index in [2.05, 4.69) is 17.2 Å². The number of hydrogen-bond acceptors (Lipinski definition) is 4. The van der Waals surface area contributed by atoms with Crippen LogP contribution in [0, 0.1) is 5.92 Å². The molecule has 0 bridgehead atoms. The highest BCUT2D eigenvalue weighted by Gasteiger charge is 2.43. The summed E-state index contributed by atoms with van der Waals surface area (Å²) in [4.78, 5) is 42.6. The van der Waals surface area contributed by atoms with Crippen molar-refractivity contribution >= 4 is 24.0 Å². The Balaban J connectivity index is 1.98. The van der Waals surface area contributed by atoms with E-state index in [9.17, 15) is 14.4 Å². The minimum Gasteiger partial charge on any atom is -0.444 e. The first-order valence-corrected chi connectivity index (χ1v) is 13.8. The van der Waals surface area contributed by atoms with Gasteiger partial charge in [0.15, 0.2) is 0 Å². The smallest absolute Gasteiger partial charge is 0.408 e. The normalized spacial score (nSPS) is 18.3. The third-order valence-corrected chi connectivity index (χ3v) is 7.27. The molecule has 2 saturated carbocycles. The molecule has 204 valence electrons. The molecule has 1 aromatic carbocycles. The lowest BCUT2D eigenvalue weighted by molar-refractivity contribution is -0.148. The van der Waals surface area contributed by atoms with Crippen LogP contribution in [0.25, 0.3) is 6.08 Å². The molecule has 2 fully saturated rings.